The van der Waals surface area contributed by atoms with Crippen molar-refractivity contribution in [2.45, 2.75) is 76.0 Å². The number of hydrogen-bond donors (Lipinski definition) is 1. The smallest absolute Gasteiger partial charge is 0.408 e. The maximum absolute atomic E-state index is 12.3. The summed E-state index contributed by atoms with van der Waals surface area (Å²) in [5.41, 5.74) is 1.71. The maximum atomic E-state index is 12.3. The van der Waals surface area contributed by atoms with E-state index in [0.717, 1.165) is 43.2 Å². The molecule has 170 valence electrons. The highest BCUT2D eigenvalue weighted by Gasteiger charge is 2.50. The van der Waals surface area contributed by atoms with E-state index in [1.165, 1.54) is 0 Å². The van der Waals surface area contributed by atoms with E-state index >= 15 is 0 Å². The minimum atomic E-state index is -0.531. The second-order valence-corrected chi connectivity index (χ2v) is 9.86. The van der Waals surface area contributed by atoms with Crippen molar-refractivity contribution >= 4 is 17.1 Å². The number of hydrogen-bond acceptors (Lipinski definition) is 7. The highest BCUT2D eigenvalue weighted by molar-refractivity contribution is 5.80. The first-order valence-corrected chi connectivity index (χ1v) is 11.0. The molecule has 3 fully saturated rings. The zero-order valence-corrected chi connectivity index (χ0v) is 19.2. The molecule has 1 saturated carbocycles. The fraction of sp³-hybridized carbons (Fsp3) is 0.583. The van der Waals surface area contributed by atoms with Gasteiger partial charge >= 0.3 is 6.09 Å². The molecule has 5 rings (SSSR count). The lowest BCUT2D eigenvalue weighted by Gasteiger charge is -2.53. The number of methoxy groups -OCH3 is 1. The Morgan fingerprint density at radius 2 is 2.03 bits per heavy atom. The number of amides is 1. The van der Waals surface area contributed by atoms with E-state index in [-0.39, 0.29) is 11.1 Å². The molecule has 32 heavy (non-hydrogen) atoms. The van der Waals surface area contributed by atoms with Crippen molar-refractivity contribution in [2.75, 3.05) is 13.7 Å². The number of ether oxygens (including phenoxy) is 3. The van der Waals surface area contributed by atoms with Crippen LogP contribution in [0.25, 0.3) is 11.0 Å². The van der Waals surface area contributed by atoms with Crippen LogP contribution in [0.15, 0.2) is 18.3 Å². The quantitative estimate of drug-likeness (QED) is 0.750. The Hall–Kier alpha value is -2.92. The standard InChI is InChI=1S/C24H30N4O4/c1-22(2,3)32-21(29)28-23-9-11-24(12-10-23,31-15-23)8-7-17-16(13-25)14-26-18-5-6-19(30-4)27-20(17)18/h5-6,14H,7-12,15H2,1-4H3,(H,28,29). The van der Waals surface area contributed by atoms with E-state index in [1.54, 1.807) is 19.4 Å². The molecule has 8 heteroatoms. The van der Waals surface area contributed by atoms with Crippen LogP contribution in [0.4, 0.5) is 4.79 Å². The molecule has 2 bridgehead atoms. The minimum absolute atomic E-state index is 0.251. The lowest BCUT2D eigenvalue weighted by molar-refractivity contribution is -0.163. The SMILES string of the molecule is COc1ccc2ncc(C#N)c(CCC34CCC(NC(=O)OC(C)(C)C)(CC3)CO4)c2n1. The first kappa shape index (κ1) is 22.3. The Kier molecular flexibility index (Phi) is 5.72. The molecule has 1 aliphatic carbocycles. The van der Waals surface area contributed by atoms with Gasteiger partial charge in [0.15, 0.2) is 0 Å². The fourth-order valence-corrected chi connectivity index (χ4v) is 4.68. The van der Waals surface area contributed by atoms with Crippen LogP contribution in [0.5, 0.6) is 5.88 Å². The van der Waals surface area contributed by atoms with Gasteiger partial charge in [-0.2, -0.15) is 5.26 Å². The molecule has 3 aliphatic rings. The van der Waals surface area contributed by atoms with Crippen molar-refractivity contribution in [1.82, 2.24) is 15.3 Å². The van der Waals surface area contributed by atoms with Crippen LogP contribution in [0, 0.1) is 11.3 Å². The predicted molar refractivity (Wildman–Crippen MR) is 118 cm³/mol. The van der Waals surface area contributed by atoms with Crippen LogP contribution >= 0.6 is 0 Å². The molecule has 0 spiro atoms. The molecule has 0 aromatic carbocycles. The summed E-state index contributed by atoms with van der Waals surface area (Å²) in [4.78, 5) is 21.2. The van der Waals surface area contributed by atoms with E-state index in [0.29, 0.717) is 30.0 Å². The number of aromatic nitrogens is 2. The van der Waals surface area contributed by atoms with Gasteiger partial charge in [-0.3, -0.25) is 4.98 Å². The minimum Gasteiger partial charge on any atom is -0.481 e. The Morgan fingerprint density at radius 1 is 1.28 bits per heavy atom. The van der Waals surface area contributed by atoms with Crippen molar-refractivity contribution < 1.29 is 19.0 Å². The molecule has 2 aliphatic heterocycles. The molecular formula is C24H30N4O4. The van der Waals surface area contributed by atoms with Crippen LogP contribution in [0.3, 0.4) is 0 Å². The van der Waals surface area contributed by atoms with Gasteiger partial charge in [-0.05, 0) is 70.9 Å². The van der Waals surface area contributed by atoms with E-state index in [9.17, 15) is 10.1 Å². The van der Waals surface area contributed by atoms with Crippen molar-refractivity contribution in [3.05, 3.63) is 29.5 Å². The van der Waals surface area contributed by atoms with Gasteiger partial charge in [0.1, 0.15) is 11.7 Å². The Balaban J connectivity index is 1.47. The molecule has 2 aromatic rings. The predicted octanol–water partition coefficient (Wildman–Crippen LogP) is 4.05. The van der Waals surface area contributed by atoms with E-state index in [4.69, 9.17) is 14.2 Å². The Morgan fingerprint density at radius 3 is 2.62 bits per heavy atom. The van der Waals surface area contributed by atoms with Crippen LogP contribution in [0.1, 0.15) is 64.0 Å². The summed E-state index contributed by atoms with van der Waals surface area (Å²) in [5, 5.41) is 12.7. The zero-order valence-electron chi connectivity index (χ0n) is 19.2. The normalized spacial score (nSPS) is 24.7. The first-order chi connectivity index (χ1) is 15.2. The van der Waals surface area contributed by atoms with Crippen molar-refractivity contribution in [3.8, 4) is 11.9 Å². The van der Waals surface area contributed by atoms with Gasteiger partial charge < -0.3 is 19.5 Å². The lowest BCUT2D eigenvalue weighted by atomic mass is 9.69. The number of aryl methyl sites for hydroxylation is 1. The Labute approximate surface area is 188 Å². The largest absolute Gasteiger partial charge is 0.481 e. The van der Waals surface area contributed by atoms with Crippen LogP contribution in [-0.4, -0.2) is 46.5 Å². The number of nitriles is 1. The lowest BCUT2D eigenvalue weighted by Crippen LogP contribution is -2.63. The highest BCUT2D eigenvalue weighted by Crippen LogP contribution is 2.46. The third-order valence-corrected chi connectivity index (χ3v) is 6.49. The second-order valence-electron chi connectivity index (χ2n) is 9.86. The summed E-state index contributed by atoms with van der Waals surface area (Å²) in [5.74, 6) is 0.499. The maximum Gasteiger partial charge on any atom is 0.408 e. The number of rotatable bonds is 5. The van der Waals surface area contributed by atoms with Gasteiger partial charge in [0, 0.05) is 12.3 Å². The summed E-state index contributed by atoms with van der Waals surface area (Å²) in [7, 11) is 1.57. The third-order valence-electron chi connectivity index (χ3n) is 6.49. The summed E-state index contributed by atoms with van der Waals surface area (Å²) >= 11 is 0. The number of fused-ring (bicyclic) bond motifs is 4. The molecule has 2 aromatic heterocycles. The summed E-state index contributed by atoms with van der Waals surface area (Å²) < 4.78 is 17.1. The molecule has 1 N–H and O–H groups in total. The zero-order chi connectivity index (χ0) is 23.0. The number of nitrogens with one attached hydrogen (secondary N) is 1. The summed E-state index contributed by atoms with van der Waals surface area (Å²) in [6, 6.07) is 5.88. The molecule has 1 amide bonds. The number of alkyl carbamates (subject to hydrolysis) is 1. The first-order valence-electron chi connectivity index (χ1n) is 11.0. The molecule has 2 saturated heterocycles. The van der Waals surface area contributed by atoms with Crippen LogP contribution < -0.4 is 10.1 Å². The van der Waals surface area contributed by atoms with Gasteiger partial charge in [0.25, 0.3) is 0 Å². The van der Waals surface area contributed by atoms with Crippen molar-refractivity contribution in [3.63, 3.8) is 0 Å². The Bertz CT molecular complexity index is 1050. The molecule has 4 heterocycles. The molecule has 0 atom stereocenters. The summed E-state index contributed by atoms with van der Waals surface area (Å²) in [6.45, 7) is 6.04. The third kappa shape index (κ3) is 4.49. The van der Waals surface area contributed by atoms with Crippen LogP contribution in [0.2, 0.25) is 0 Å². The fourth-order valence-electron chi connectivity index (χ4n) is 4.68. The van der Waals surface area contributed by atoms with Crippen LogP contribution in [-0.2, 0) is 15.9 Å². The van der Waals surface area contributed by atoms with E-state index in [1.807, 2.05) is 26.8 Å². The number of carbonyl (C=O) groups is 1. The highest BCUT2D eigenvalue weighted by atomic mass is 16.6. The average molecular weight is 439 g/mol. The van der Waals surface area contributed by atoms with Gasteiger partial charge in [0.2, 0.25) is 5.88 Å². The van der Waals surface area contributed by atoms with Crippen molar-refractivity contribution in [1.29, 1.82) is 5.26 Å². The molecule has 8 nitrogen and oxygen atoms in total. The van der Waals surface area contributed by atoms with Gasteiger partial charge in [-0.25, -0.2) is 9.78 Å². The number of pyridine rings is 2. The monoisotopic (exact) mass is 438 g/mol. The molecule has 0 unspecified atom stereocenters. The van der Waals surface area contributed by atoms with Gasteiger partial charge in [0.05, 0.1) is 41.5 Å². The summed E-state index contributed by atoms with van der Waals surface area (Å²) in [6.07, 6.45) is 6.06. The van der Waals surface area contributed by atoms with Gasteiger partial charge in [-0.15, -0.1) is 0 Å². The average Bonchev–Trinajstić information content (AvgIpc) is 2.76. The molecular weight excluding hydrogens is 408 g/mol. The van der Waals surface area contributed by atoms with E-state index < -0.39 is 11.7 Å². The van der Waals surface area contributed by atoms with Crippen molar-refractivity contribution in [2.24, 2.45) is 0 Å². The number of nitrogens with zero attached hydrogens (tertiary/aromatic N) is 3. The second kappa shape index (κ2) is 8.21. The number of carbonyl (C=O) groups excluding carboxylic acids is 1. The van der Waals surface area contributed by atoms with E-state index in [2.05, 4.69) is 21.4 Å². The van der Waals surface area contributed by atoms with Gasteiger partial charge in [-0.1, -0.05) is 0 Å². The topological polar surface area (TPSA) is 106 Å². The molecule has 0 radical (unpaired) electrons.